The molecule has 1 saturated heterocycles. The van der Waals surface area contributed by atoms with E-state index in [2.05, 4.69) is 4.72 Å². The molecule has 0 aromatic heterocycles. The lowest BCUT2D eigenvalue weighted by atomic mass is 10.1. The molecule has 1 aromatic rings. The van der Waals surface area contributed by atoms with E-state index in [-0.39, 0.29) is 23.1 Å². The zero-order valence-electron chi connectivity index (χ0n) is 10.5. The Balaban J connectivity index is 2.07. The summed E-state index contributed by atoms with van der Waals surface area (Å²) in [5, 5.41) is 8.93. The van der Waals surface area contributed by atoms with Gasteiger partial charge in [-0.05, 0) is 31.4 Å². The summed E-state index contributed by atoms with van der Waals surface area (Å²) in [7, 11) is -3.65. The van der Waals surface area contributed by atoms with Gasteiger partial charge < -0.3 is 4.74 Å². The van der Waals surface area contributed by atoms with E-state index in [1.165, 1.54) is 12.1 Å². The molecule has 0 radical (unpaired) electrons. The molecule has 0 bridgehead atoms. The Labute approximate surface area is 113 Å². The third kappa shape index (κ3) is 3.53. The Bertz CT molecular complexity index is 572. The predicted molar refractivity (Wildman–Crippen MR) is 69.9 cm³/mol. The van der Waals surface area contributed by atoms with Crippen molar-refractivity contribution < 1.29 is 13.2 Å². The second-order valence-electron chi connectivity index (χ2n) is 4.45. The lowest BCUT2D eigenvalue weighted by molar-refractivity contribution is 0.0200. The van der Waals surface area contributed by atoms with Crippen LogP contribution in [0.4, 0.5) is 0 Å². The first-order valence-corrected chi connectivity index (χ1v) is 7.72. The maximum absolute atomic E-state index is 12.1. The Kier molecular flexibility index (Phi) is 4.53. The van der Waals surface area contributed by atoms with Gasteiger partial charge in [-0.2, -0.15) is 5.26 Å². The van der Waals surface area contributed by atoms with Crippen LogP contribution in [0, 0.1) is 11.3 Å². The van der Waals surface area contributed by atoms with Gasteiger partial charge in [-0.15, -0.1) is 0 Å². The smallest absolute Gasteiger partial charge is 0.241 e. The van der Waals surface area contributed by atoms with E-state index < -0.39 is 10.0 Å². The van der Waals surface area contributed by atoms with Crippen molar-refractivity contribution in [1.29, 1.82) is 5.26 Å². The Hall–Kier alpha value is -1.42. The zero-order valence-corrected chi connectivity index (χ0v) is 11.3. The third-order valence-electron chi connectivity index (χ3n) is 3.07. The highest BCUT2D eigenvalue weighted by atomic mass is 32.2. The molecular formula is C13H16N2O3S. The van der Waals surface area contributed by atoms with Crippen LogP contribution in [0.2, 0.25) is 0 Å². The fourth-order valence-corrected chi connectivity index (χ4v) is 3.26. The van der Waals surface area contributed by atoms with E-state index in [1.807, 2.05) is 6.07 Å². The largest absolute Gasteiger partial charge is 0.377 e. The van der Waals surface area contributed by atoms with Gasteiger partial charge in [0.2, 0.25) is 10.0 Å². The summed E-state index contributed by atoms with van der Waals surface area (Å²) in [5.74, 6) is 0. The minimum atomic E-state index is -3.65. The highest BCUT2D eigenvalue weighted by Crippen LogP contribution is 2.16. The number of nitrogens with zero attached hydrogens (tertiary/aromatic N) is 1. The molecule has 19 heavy (non-hydrogen) atoms. The van der Waals surface area contributed by atoms with Crippen LogP contribution in [-0.2, 0) is 14.8 Å². The van der Waals surface area contributed by atoms with Crippen LogP contribution in [-0.4, -0.2) is 27.7 Å². The second-order valence-corrected chi connectivity index (χ2v) is 6.18. The van der Waals surface area contributed by atoms with E-state index in [9.17, 15) is 8.42 Å². The molecule has 5 nitrogen and oxygen atoms in total. The van der Waals surface area contributed by atoms with Crippen molar-refractivity contribution in [1.82, 2.24) is 4.72 Å². The summed E-state index contributed by atoms with van der Waals surface area (Å²) in [6.45, 7) is 0.934. The number of benzene rings is 1. The molecule has 0 spiro atoms. The van der Waals surface area contributed by atoms with Crippen molar-refractivity contribution in [3.63, 3.8) is 0 Å². The van der Waals surface area contributed by atoms with Crippen LogP contribution in [0.15, 0.2) is 29.2 Å². The lowest BCUT2D eigenvalue weighted by Gasteiger charge is -2.22. The number of rotatable bonds is 4. The van der Waals surface area contributed by atoms with Crippen LogP contribution in [0.3, 0.4) is 0 Å². The molecule has 1 heterocycles. The molecule has 0 amide bonds. The molecule has 0 aliphatic carbocycles. The summed E-state index contributed by atoms with van der Waals surface area (Å²) in [5.41, 5.74) is 0.152. The Morgan fingerprint density at radius 1 is 1.37 bits per heavy atom. The highest BCUT2D eigenvalue weighted by Gasteiger charge is 2.21. The van der Waals surface area contributed by atoms with Crippen molar-refractivity contribution in [2.24, 2.45) is 0 Å². The average Bonchev–Trinajstić information content (AvgIpc) is 2.46. The second kappa shape index (κ2) is 6.15. The van der Waals surface area contributed by atoms with Crippen LogP contribution in [0.5, 0.6) is 0 Å². The number of hydrogen-bond acceptors (Lipinski definition) is 4. The molecule has 1 N–H and O–H groups in total. The number of hydrogen-bond donors (Lipinski definition) is 1. The predicted octanol–water partition coefficient (Wildman–Crippen LogP) is 1.41. The standard InChI is InChI=1S/C13H16N2O3S/c14-9-11-5-1-2-7-13(11)19(16,17)15-10-12-6-3-4-8-18-12/h1-2,5,7,12,15H,3-4,6,8,10H2. The molecule has 1 aromatic carbocycles. The van der Waals surface area contributed by atoms with Crippen LogP contribution >= 0.6 is 0 Å². The van der Waals surface area contributed by atoms with Crippen molar-refractivity contribution in [3.8, 4) is 6.07 Å². The molecule has 1 fully saturated rings. The van der Waals surface area contributed by atoms with Crippen LogP contribution < -0.4 is 4.72 Å². The maximum Gasteiger partial charge on any atom is 0.241 e. The summed E-state index contributed by atoms with van der Waals surface area (Å²) < 4.78 is 32.3. The van der Waals surface area contributed by atoms with Crippen LogP contribution in [0.25, 0.3) is 0 Å². The molecular weight excluding hydrogens is 264 g/mol. The fraction of sp³-hybridized carbons (Fsp3) is 0.462. The minimum absolute atomic E-state index is 0.0216. The molecule has 1 atom stereocenters. The zero-order chi connectivity index (χ0) is 13.7. The first-order chi connectivity index (χ1) is 9.13. The van der Waals surface area contributed by atoms with Gasteiger partial charge in [-0.25, -0.2) is 13.1 Å². The lowest BCUT2D eigenvalue weighted by Crippen LogP contribution is -2.35. The first-order valence-electron chi connectivity index (χ1n) is 6.24. The Morgan fingerprint density at radius 3 is 2.84 bits per heavy atom. The van der Waals surface area contributed by atoms with Gasteiger partial charge in [0.25, 0.3) is 0 Å². The Morgan fingerprint density at radius 2 is 2.16 bits per heavy atom. The van der Waals surface area contributed by atoms with E-state index >= 15 is 0 Å². The third-order valence-corrected chi connectivity index (χ3v) is 4.55. The number of ether oxygens (including phenoxy) is 1. The molecule has 1 unspecified atom stereocenters. The number of nitrogens with one attached hydrogen (secondary N) is 1. The summed E-state index contributed by atoms with van der Waals surface area (Å²) in [6.07, 6.45) is 2.88. The summed E-state index contributed by atoms with van der Waals surface area (Å²) in [4.78, 5) is 0.0216. The molecule has 1 aliphatic heterocycles. The summed E-state index contributed by atoms with van der Waals surface area (Å²) in [6, 6.07) is 8.06. The van der Waals surface area contributed by atoms with Gasteiger partial charge in [-0.3, -0.25) is 0 Å². The minimum Gasteiger partial charge on any atom is -0.377 e. The van der Waals surface area contributed by atoms with Crippen LogP contribution in [0.1, 0.15) is 24.8 Å². The molecule has 2 rings (SSSR count). The summed E-state index contributed by atoms with van der Waals surface area (Å²) >= 11 is 0. The highest BCUT2D eigenvalue weighted by molar-refractivity contribution is 7.89. The monoisotopic (exact) mass is 280 g/mol. The molecule has 0 saturated carbocycles. The molecule has 1 aliphatic rings. The normalized spacial score (nSPS) is 19.8. The van der Waals surface area contributed by atoms with Crippen molar-refractivity contribution >= 4 is 10.0 Å². The SMILES string of the molecule is N#Cc1ccccc1S(=O)(=O)NCC1CCCCO1. The first kappa shape index (κ1) is 14.0. The molecule has 102 valence electrons. The van der Waals surface area contributed by atoms with Crippen molar-refractivity contribution in [2.75, 3.05) is 13.2 Å². The average molecular weight is 280 g/mol. The van der Waals surface area contributed by atoms with E-state index in [1.54, 1.807) is 12.1 Å². The topological polar surface area (TPSA) is 79.2 Å². The van der Waals surface area contributed by atoms with E-state index in [0.29, 0.717) is 6.61 Å². The maximum atomic E-state index is 12.1. The molecule has 6 heteroatoms. The van der Waals surface area contributed by atoms with Gasteiger partial charge in [0.1, 0.15) is 6.07 Å². The fourth-order valence-electron chi connectivity index (χ4n) is 2.04. The van der Waals surface area contributed by atoms with Crippen molar-refractivity contribution in [2.45, 2.75) is 30.3 Å². The van der Waals surface area contributed by atoms with Gasteiger partial charge in [0, 0.05) is 13.2 Å². The van der Waals surface area contributed by atoms with Gasteiger partial charge in [0.15, 0.2) is 0 Å². The van der Waals surface area contributed by atoms with Gasteiger partial charge in [0.05, 0.1) is 16.6 Å². The van der Waals surface area contributed by atoms with Gasteiger partial charge >= 0.3 is 0 Å². The van der Waals surface area contributed by atoms with Crippen molar-refractivity contribution in [3.05, 3.63) is 29.8 Å². The quantitative estimate of drug-likeness (QED) is 0.904. The number of nitriles is 1. The number of sulfonamides is 1. The van der Waals surface area contributed by atoms with E-state index in [4.69, 9.17) is 10.00 Å². The van der Waals surface area contributed by atoms with Gasteiger partial charge in [-0.1, -0.05) is 12.1 Å². The van der Waals surface area contributed by atoms with E-state index in [0.717, 1.165) is 19.3 Å².